The molecular formula is C20H17NS. The molecule has 2 aromatic carbocycles. The lowest BCUT2D eigenvalue weighted by molar-refractivity contribution is 0.552. The van der Waals surface area contributed by atoms with Gasteiger partial charge in [-0.05, 0) is 35.4 Å². The molecule has 0 fully saturated rings. The summed E-state index contributed by atoms with van der Waals surface area (Å²) in [7, 11) is 0. The Labute approximate surface area is 135 Å². The van der Waals surface area contributed by atoms with E-state index in [0.717, 1.165) is 17.7 Å². The molecule has 0 bridgehead atoms. The van der Waals surface area contributed by atoms with Crippen molar-refractivity contribution in [1.82, 2.24) is 0 Å². The second kappa shape index (κ2) is 6.60. The second-order valence-electron chi connectivity index (χ2n) is 5.50. The third kappa shape index (κ3) is 3.10. The highest BCUT2D eigenvalue weighted by molar-refractivity contribution is 7.10. The van der Waals surface area contributed by atoms with Gasteiger partial charge in [-0.2, -0.15) is 5.26 Å². The molecule has 0 aliphatic rings. The summed E-state index contributed by atoms with van der Waals surface area (Å²) in [5.41, 5.74) is 1.90. The van der Waals surface area contributed by atoms with Crippen LogP contribution in [0.5, 0.6) is 0 Å². The zero-order valence-electron chi connectivity index (χ0n) is 12.3. The molecule has 0 radical (unpaired) electrons. The highest BCUT2D eigenvalue weighted by Crippen LogP contribution is 2.35. The lowest BCUT2D eigenvalue weighted by atomic mass is 9.76. The quantitative estimate of drug-likeness (QED) is 0.651. The summed E-state index contributed by atoms with van der Waals surface area (Å²) in [5.74, 6) is 0. The monoisotopic (exact) mass is 303 g/mol. The Morgan fingerprint density at radius 3 is 1.73 bits per heavy atom. The summed E-state index contributed by atoms with van der Waals surface area (Å²) in [4.78, 5) is 1.14. The van der Waals surface area contributed by atoms with Gasteiger partial charge in [0, 0.05) is 4.88 Å². The van der Waals surface area contributed by atoms with Gasteiger partial charge in [0.1, 0.15) is 0 Å². The molecule has 3 rings (SSSR count). The fourth-order valence-corrected chi connectivity index (χ4v) is 3.69. The van der Waals surface area contributed by atoms with Gasteiger partial charge in [-0.15, -0.1) is 11.3 Å². The SMILES string of the molecule is N#CC(Cc1ccccc1)(Cc1ccccc1)c1cccs1. The fraction of sp³-hybridized carbons (Fsp3) is 0.150. The predicted octanol–water partition coefficient (Wildman–Crippen LogP) is 4.99. The standard InChI is InChI=1S/C20H17NS/c21-16-20(19-12-7-13-22-19,14-17-8-3-1-4-9-17)15-18-10-5-2-6-11-18/h1-13H,14-15H2. The number of rotatable bonds is 5. The first kappa shape index (κ1) is 14.6. The summed E-state index contributed by atoms with van der Waals surface area (Å²) in [6.45, 7) is 0. The normalized spacial score (nSPS) is 11.0. The van der Waals surface area contributed by atoms with Crippen molar-refractivity contribution in [2.24, 2.45) is 0 Å². The number of benzene rings is 2. The molecular weight excluding hydrogens is 286 g/mol. The van der Waals surface area contributed by atoms with Crippen LogP contribution in [0.4, 0.5) is 0 Å². The molecule has 0 atom stereocenters. The van der Waals surface area contributed by atoms with E-state index >= 15 is 0 Å². The van der Waals surface area contributed by atoms with E-state index in [-0.39, 0.29) is 0 Å². The molecule has 108 valence electrons. The minimum Gasteiger partial charge on any atom is -0.197 e. The zero-order chi connectivity index (χ0) is 15.3. The van der Waals surface area contributed by atoms with Crippen molar-refractivity contribution in [1.29, 1.82) is 5.26 Å². The van der Waals surface area contributed by atoms with Gasteiger partial charge < -0.3 is 0 Å². The van der Waals surface area contributed by atoms with Gasteiger partial charge in [0.05, 0.1) is 11.5 Å². The molecule has 0 aliphatic heterocycles. The van der Waals surface area contributed by atoms with Crippen LogP contribution in [-0.4, -0.2) is 0 Å². The number of hydrogen-bond donors (Lipinski definition) is 0. The minimum absolute atomic E-state index is 0.503. The van der Waals surface area contributed by atoms with E-state index in [1.807, 2.05) is 42.5 Å². The topological polar surface area (TPSA) is 23.8 Å². The maximum absolute atomic E-state index is 10.0. The average molecular weight is 303 g/mol. The van der Waals surface area contributed by atoms with Crippen molar-refractivity contribution in [3.8, 4) is 6.07 Å². The Morgan fingerprint density at radius 2 is 1.32 bits per heavy atom. The van der Waals surface area contributed by atoms with E-state index < -0.39 is 5.41 Å². The molecule has 1 heterocycles. The third-order valence-electron chi connectivity index (χ3n) is 3.90. The van der Waals surface area contributed by atoms with Crippen molar-refractivity contribution in [3.63, 3.8) is 0 Å². The molecule has 1 aromatic heterocycles. The summed E-state index contributed by atoms with van der Waals surface area (Å²) in [6.07, 6.45) is 1.47. The van der Waals surface area contributed by atoms with Gasteiger partial charge in [0.2, 0.25) is 0 Å². The molecule has 0 aliphatic carbocycles. The summed E-state index contributed by atoms with van der Waals surface area (Å²) < 4.78 is 0. The molecule has 0 spiro atoms. The summed E-state index contributed by atoms with van der Waals surface area (Å²) in [5, 5.41) is 12.1. The maximum Gasteiger partial charge on any atom is 0.0994 e. The first-order valence-corrected chi connectivity index (χ1v) is 8.23. The summed E-state index contributed by atoms with van der Waals surface area (Å²) in [6, 6.07) is 27.3. The average Bonchev–Trinajstić information content (AvgIpc) is 3.11. The van der Waals surface area contributed by atoms with Crippen molar-refractivity contribution >= 4 is 11.3 Å². The number of thiophene rings is 1. The molecule has 3 aromatic rings. The van der Waals surface area contributed by atoms with Gasteiger partial charge in [-0.3, -0.25) is 0 Å². The van der Waals surface area contributed by atoms with E-state index in [0.29, 0.717) is 0 Å². The number of nitrogens with zero attached hydrogens (tertiary/aromatic N) is 1. The minimum atomic E-state index is -0.503. The van der Waals surface area contributed by atoms with Gasteiger partial charge in [-0.25, -0.2) is 0 Å². The Balaban J connectivity index is 2.00. The molecule has 0 unspecified atom stereocenters. The van der Waals surface area contributed by atoms with Crippen LogP contribution >= 0.6 is 11.3 Å². The number of nitriles is 1. The predicted molar refractivity (Wildman–Crippen MR) is 91.9 cm³/mol. The van der Waals surface area contributed by atoms with Crippen molar-refractivity contribution in [2.75, 3.05) is 0 Å². The van der Waals surface area contributed by atoms with Gasteiger partial charge in [0.25, 0.3) is 0 Å². The molecule has 0 amide bonds. The lowest BCUT2D eigenvalue weighted by Gasteiger charge is -2.26. The first-order chi connectivity index (χ1) is 10.8. The van der Waals surface area contributed by atoms with E-state index in [1.165, 1.54) is 11.1 Å². The number of hydrogen-bond acceptors (Lipinski definition) is 2. The van der Waals surface area contributed by atoms with E-state index in [9.17, 15) is 5.26 Å². The van der Waals surface area contributed by atoms with Gasteiger partial charge in [0.15, 0.2) is 0 Å². The lowest BCUT2D eigenvalue weighted by Crippen LogP contribution is -2.29. The Kier molecular flexibility index (Phi) is 4.37. The van der Waals surface area contributed by atoms with Crippen LogP contribution in [0, 0.1) is 11.3 Å². The Morgan fingerprint density at radius 1 is 0.773 bits per heavy atom. The second-order valence-corrected chi connectivity index (χ2v) is 6.44. The van der Waals surface area contributed by atoms with Crippen LogP contribution in [0.15, 0.2) is 78.2 Å². The van der Waals surface area contributed by atoms with Crippen LogP contribution in [0.25, 0.3) is 0 Å². The van der Waals surface area contributed by atoms with Gasteiger partial charge in [-0.1, -0.05) is 66.7 Å². The molecule has 0 saturated carbocycles. The molecule has 0 saturated heterocycles. The fourth-order valence-electron chi connectivity index (χ4n) is 2.81. The summed E-state index contributed by atoms with van der Waals surface area (Å²) >= 11 is 1.67. The third-order valence-corrected chi connectivity index (χ3v) is 4.98. The highest BCUT2D eigenvalue weighted by Gasteiger charge is 2.34. The van der Waals surface area contributed by atoms with Crippen molar-refractivity contribution < 1.29 is 0 Å². The molecule has 1 nitrogen and oxygen atoms in total. The van der Waals surface area contributed by atoms with E-state index in [2.05, 4.69) is 41.8 Å². The Hall–Kier alpha value is -2.37. The first-order valence-electron chi connectivity index (χ1n) is 7.35. The largest absolute Gasteiger partial charge is 0.197 e. The van der Waals surface area contributed by atoms with Crippen molar-refractivity contribution in [2.45, 2.75) is 18.3 Å². The molecule has 0 N–H and O–H groups in total. The van der Waals surface area contributed by atoms with E-state index in [4.69, 9.17) is 0 Å². The highest BCUT2D eigenvalue weighted by atomic mass is 32.1. The van der Waals surface area contributed by atoms with Crippen molar-refractivity contribution in [3.05, 3.63) is 94.2 Å². The van der Waals surface area contributed by atoms with Crippen LogP contribution in [0.3, 0.4) is 0 Å². The zero-order valence-corrected chi connectivity index (χ0v) is 13.1. The van der Waals surface area contributed by atoms with Crippen LogP contribution in [0.1, 0.15) is 16.0 Å². The molecule has 2 heteroatoms. The van der Waals surface area contributed by atoms with E-state index in [1.54, 1.807) is 11.3 Å². The maximum atomic E-state index is 10.0. The molecule has 22 heavy (non-hydrogen) atoms. The Bertz CT molecular complexity index is 698. The smallest absolute Gasteiger partial charge is 0.0994 e. The van der Waals surface area contributed by atoms with Crippen LogP contribution in [-0.2, 0) is 18.3 Å². The van der Waals surface area contributed by atoms with Crippen LogP contribution in [0.2, 0.25) is 0 Å². The van der Waals surface area contributed by atoms with Gasteiger partial charge >= 0.3 is 0 Å². The van der Waals surface area contributed by atoms with Crippen LogP contribution < -0.4 is 0 Å².